The van der Waals surface area contributed by atoms with Crippen LogP contribution in [0.3, 0.4) is 0 Å². The maximum atomic E-state index is 14.8. The van der Waals surface area contributed by atoms with Gasteiger partial charge in [0.05, 0.1) is 41.7 Å². The van der Waals surface area contributed by atoms with Crippen LogP contribution < -0.4 is 25.6 Å². The molecule has 2 aliphatic carbocycles. The molecule has 30 heteroatoms. The van der Waals surface area contributed by atoms with E-state index in [1.807, 2.05) is 61.0 Å². The number of carbonyl (C=O) groups is 2. The van der Waals surface area contributed by atoms with Gasteiger partial charge in [0, 0.05) is 92.9 Å². The lowest BCUT2D eigenvalue weighted by Gasteiger charge is -2.32. The number of amides is 2. The van der Waals surface area contributed by atoms with Crippen molar-refractivity contribution >= 4 is 52.0 Å². The molecular formula is C58H60BBrF8N12O8. The molecule has 3 fully saturated rings. The molecule has 0 radical (unpaired) electrons. The molecule has 3 aliphatic rings. The van der Waals surface area contributed by atoms with Crippen LogP contribution in [0.2, 0.25) is 0 Å². The third-order valence-electron chi connectivity index (χ3n) is 15.1. The summed E-state index contributed by atoms with van der Waals surface area (Å²) in [6.45, 7) is 12.4. The molecule has 7 heterocycles. The van der Waals surface area contributed by atoms with E-state index < -0.39 is 65.0 Å². The zero-order valence-corrected chi connectivity index (χ0v) is 50.5. The van der Waals surface area contributed by atoms with Gasteiger partial charge in [-0.3, -0.25) is 19.0 Å². The molecule has 2 N–H and O–H groups in total. The summed E-state index contributed by atoms with van der Waals surface area (Å²) in [5.41, 5.74) is -1.59. The van der Waals surface area contributed by atoms with E-state index >= 15 is 0 Å². The summed E-state index contributed by atoms with van der Waals surface area (Å²) in [5.74, 6) is -1.04. The van der Waals surface area contributed by atoms with Crippen LogP contribution in [0.4, 0.5) is 46.8 Å². The molecule has 6 aromatic heterocycles. The lowest BCUT2D eigenvalue weighted by molar-refractivity contribution is -0.166. The number of nitrogens with zero attached hydrogens (tertiary/aromatic N) is 10. The van der Waals surface area contributed by atoms with Gasteiger partial charge in [0.1, 0.15) is 34.1 Å². The number of rotatable bonds is 18. The molecule has 0 spiro atoms. The van der Waals surface area contributed by atoms with Crippen molar-refractivity contribution in [2.75, 3.05) is 23.8 Å². The molecule has 1 saturated heterocycles. The number of halogens is 9. The number of aromatic nitrogens is 10. The molecule has 88 heavy (non-hydrogen) atoms. The van der Waals surface area contributed by atoms with Crippen molar-refractivity contribution in [1.82, 2.24) is 49.8 Å². The first-order valence-electron chi connectivity index (χ1n) is 27.7. The summed E-state index contributed by atoms with van der Waals surface area (Å²) in [4.78, 5) is 41.9. The first kappa shape index (κ1) is 64.4. The fourth-order valence-corrected chi connectivity index (χ4v) is 9.50. The second kappa shape index (κ2) is 25.5. The molecule has 2 amide bonds. The fraction of sp³-hybridized carbons (Fsp3) is 0.414. The Bertz CT molecular complexity index is 3750. The Morgan fingerprint density at radius 1 is 0.614 bits per heavy atom. The monoisotopic (exact) mass is 1290 g/mol. The average molecular weight is 1300 g/mol. The van der Waals surface area contributed by atoms with Crippen molar-refractivity contribution in [2.45, 2.75) is 127 Å². The van der Waals surface area contributed by atoms with E-state index in [1.165, 1.54) is 24.3 Å². The smallest absolute Gasteiger partial charge is 0.477 e. The van der Waals surface area contributed by atoms with Crippen LogP contribution in [0, 0.1) is 11.6 Å². The van der Waals surface area contributed by atoms with Crippen molar-refractivity contribution in [2.24, 2.45) is 14.1 Å². The molecule has 0 bridgehead atoms. The van der Waals surface area contributed by atoms with Gasteiger partial charge in [-0.05, 0) is 117 Å². The first-order chi connectivity index (χ1) is 41.5. The predicted octanol–water partition coefficient (Wildman–Crippen LogP) is 10.6. The number of aryl methyl sites for hydroxylation is 2. The van der Waals surface area contributed by atoms with Crippen molar-refractivity contribution in [3.8, 4) is 22.9 Å². The zero-order valence-electron chi connectivity index (χ0n) is 48.9. The van der Waals surface area contributed by atoms with Crippen LogP contribution in [0.5, 0.6) is 11.8 Å². The molecule has 466 valence electrons. The SMILES string of the molecule is CC1(C)OB(c2ccc(CC(=O)Nc3cc(C4(C(F)(F)F)CC4)on3)c(F)c2)OC1(C)C.CCOc1nn(C)cc1Cc1ncc(-c2ccc(CC(=O)Nc3cc(C4(C(F)(F)F)CC4)on3)c(F)c2)cn1.CCOc1nn(C)cc1Cc1ncc(Br)cn1. The van der Waals surface area contributed by atoms with Gasteiger partial charge in [0.25, 0.3) is 0 Å². The van der Waals surface area contributed by atoms with E-state index in [1.54, 1.807) is 53.3 Å². The van der Waals surface area contributed by atoms with Gasteiger partial charge in [-0.1, -0.05) is 34.6 Å². The number of hydrogen-bond donors (Lipinski definition) is 2. The van der Waals surface area contributed by atoms with Crippen molar-refractivity contribution in [3.05, 3.63) is 147 Å². The fourth-order valence-electron chi connectivity index (χ4n) is 9.29. The van der Waals surface area contributed by atoms with Crippen molar-refractivity contribution in [1.29, 1.82) is 0 Å². The van der Waals surface area contributed by atoms with Crippen LogP contribution >= 0.6 is 15.9 Å². The summed E-state index contributed by atoms with van der Waals surface area (Å²) >= 11 is 3.31. The number of alkyl halides is 6. The van der Waals surface area contributed by atoms with E-state index in [-0.39, 0.29) is 72.8 Å². The maximum Gasteiger partial charge on any atom is 0.494 e. The summed E-state index contributed by atoms with van der Waals surface area (Å²) < 4.78 is 145. The molecule has 2 aromatic carbocycles. The standard InChI is InChI=1S/C26H24F4N6O3.C21H23BF4N2O4.C11H13BrN4O/c1-3-38-24-17(14-36(2)34-24)9-21-31-12-18(13-32-21)15-4-5-16(19(27)8-15)10-23(37)33-22-11-20(39-35-22)25(6-7-25)26(28,29)30;1-18(2)19(3,4)32-22(31-18)13-6-5-12(14(23)10-13)9-17(29)27-16-11-15(30-28-16)20(7-8-20)21(24,25)26;1-3-17-11-8(7-16(2)15-11)4-10-13-5-9(12)6-14-10/h4-5,8,11-14H,3,6-7,9-10H2,1-2H3,(H,33,35,37);5-6,10-11H,7-9H2,1-4H3,(H,27,28,29);5-7H,3-4H2,1-2H3. The van der Waals surface area contributed by atoms with Crippen molar-refractivity contribution < 1.29 is 72.5 Å². The van der Waals surface area contributed by atoms with Crippen LogP contribution in [-0.2, 0) is 69.5 Å². The molecule has 2 saturated carbocycles. The Morgan fingerprint density at radius 3 is 1.43 bits per heavy atom. The molecular weight excluding hydrogens is 1240 g/mol. The highest BCUT2D eigenvalue weighted by atomic mass is 79.9. The highest BCUT2D eigenvalue weighted by molar-refractivity contribution is 9.10. The van der Waals surface area contributed by atoms with E-state index in [9.17, 15) is 44.7 Å². The largest absolute Gasteiger partial charge is 0.494 e. The molecule has 20 nitrogen and oxygen atoms in total. The second-order valence-corrected chi connectivity index (χ2v) is 23.1. The Balaban J connectivity index is 0.000000169. The minimum Gasteiger partial charge on any atom is -0.477 e. The quantitative estimate of drug-likeness (QED) is 0.0600. The topological polar surface area (TPSA) is 234 Å². The second-order valence-electron chi connectivity index (χ2n) is 22.2. The summed E-state index contributed by atoms with van der Waals surface area (Å²) in [6.07, 6.45) is 1.48. The predicted molar refractivity (Wildman–Crippen MR) is 305 cm³/mol. The number of anilines is 2. The van der Waals surface area contributed by atoms with E-state index in [0.717, 1.165) is 33.6 Å². The average Bonchev–Trinajstić information content (AvgIpc) is 1.70. The highest BCUT2D eigenvalue weighted by Crippen LogP contribution is 2.60. The lowest BCUT2D eigenvalue weighted by Crippen LogP contribution is -2.41. The van der Waals surface area contributed by atoms with Gasteiger partial charge in [0.15, 0.2) is 23.2 Å². The molecule has 0 atom stereocenters. The lowest BCUT2D eigenvalue weighted by atomic mass is 9.78. The molecule has 0 unspecified atom stereocenters. The maximum absolute atomic E-state index is 14.8. The number of nitrogens with one attached hydrogen (secondary N) is 2. The molecule has 11 rings (SSSR count). The minimum atomic E-state index is -4.46. The number of benzene rings is 2. The third-order valence-corrected chi connectivity index (χ3v) is 15.6. The normalized spacial score (nSPS) is 16.0. The van der Waals surface area contributed by atoms with Gasteiger partial charge < -0.3 is 38.5 Å². The zero-order chi connectivity index (χ0) is 63.6. The Morgan fingerprint density at radius 2 is 1.03 bits per heavy atom. The van der Waals surface area contributed by atoms with Gasteiger partial charge >= 0.3 is 19.5 Å². The first-order valence-corrected chi connectivity index (χ1v) is 28.5. The molecule has 8 aromatic rings. The van der Waals surface area contributed by atoms with Gasteiger partial charge in [-0.25, -0.2) is 28.7 Å². The van der Waals surface area contributed by atoms with Gasteiger partial charge in [-0.15, -0.1) is 10.2 Å². The van der Waals surface area contributed by atoms with Crippen molar-refractivity contribution in [3.63, 3.8) is 0 Å². The Hall–Kier alpha value is -8.12. The Labute approximate surface area is 507 Å². The molecule has 1 aliphatic heterocycles. The van der Waals surface area contributed by atoms with E-state index in [2.05, 4.69) is 67.0 Å². The van der Waals surface area contributed by atoms with Crippen LogP contribution in [0.15, 0.2) is 99.2 Å². The van der Waals surface area contributed by atoms with Crippen LogP contribution in [0.1, 0.15) is 113 Å². The highest BCUT2D eigenvalue weighted by Gasteiger charge is 2.68. The van der Waals surface area contributed by atoms with Gasteiger partial charge in [0.2, 0.25) is 23.6 Å². The minimum absolute atomic E-state index is 0.0839. The number of carbonyl (C=O) groups excluding carboxylic acids is 2. The van der Waals surface area contributed by atoms with Crippen LogP contribution in [-0.4, -0.2) is 106 Å². The van der Waals surface area contributed by atoms with Crippen LogP contribution in [0.25, 0.3) is 11.1 Å². The summed E-state index contributed by atoms with van der Waals surface area (Å²) in [5, 5.41) is 20.2. The third kappa shape index (κ3) is 14.7. The van der Waals surface area contributed by atoms with E-state index in [4.69, 9.17) is 27.8 Å². The van der Waals surface area contributed by atoms with E-state index in [0.29, 0.717) is 60.2 Å². The summed E-state index contributed by atoms with van der Waals surface area (Å²) in [7, 11) is 2.92. The van der Waals surface area contributed by atoms with Gasteiger partial charge in [-0.2, -0.15) is 26.3 Å². The number of ether oxygens (including phenoxy) is 2. The summed E-state index contributed by atoms with van der Waals surface area (Å²) in [6, 6.07) is 10.8. The number of hydrogen-bond acceptors (Lipinski definition) is 16. The Kier molecular flexibility index (Phi) is 18.7.